The van der Waals surface area contributed by atoms with E-state index < -0.39 is 87.5 Å². The van der Waals surface area contributed by atoms with Crippen LogP contribution in [0.15, 0.2) is 159 Å². The van der Waals surface area contributed by atoms with Gasteiger partial charge in [-0.2, -0.15) is 0 Å². The lowest BCUT2D eigenvalue weighted by Gasteiger charge is -2.41. The number of ether oxygens (including phenoxy) is 5. The van der Waals surface area contributed by atoms with Crippen molar-refractivity contribution in [3.05, 3.63) is 203 Å². The molecule has 19 nitrogen and oxygen atoms in total. The number of amides is 4. The minimum atomic E-state index is -1.23. The highest BCUT2D eigenvalue weighted by Gasteiger charge is 2.63. The van der Waals surface area contributed by atoms with Gasteiger partial charge in [0.25, 0.3) is 0 Å². The minimum Gasteiger partial charge on any atom is -0.480 e. The molecular formula is C77H88Cl2F2N6O13. The summed E-state index contributed by atoms with van der Waals surface area (Å²) in [6.45, 7) is 28.3. The quantitative estimate of drug-likeness (QED) is 0.0271. The molecule has 532 valence electrons. The van der Waals surface area contributed by atoms with E-state index in [1.165, 1.54) is 41.3 Å². The van der Waals surface area contributed by atoms with Crippen molar-refractivity contribution in [2.24, 2.45) is 22.7 Å². The molecule has 2 saturated carbocycles. The molecule has 2 unspecified atom stereocenters. The monoisotopic (exact) mass is 1410 g/mol. The molecule has 0 radical (unpaired) electrons. The van der Waals surface area contributed by atoms with E-state index in [9.17, 15) is 42.3 Å². The number of esters is 2. The summed E-state index contributed by atoms with van der Waals surface area (Å²) in [6, 6.07) is 33.3. The first-order valence-corrected chi connectivity index (χ1v) is 33.8. The van der Waals surface area contributed by atoms with Gasteiger partial charge in [0.05, 0.1) is 19.8 Å². The smallest absolute Gasteiger partial charge is 0.411 e. The number of aliphatic carboxylic acids is 1. The van der Waals surface area contributed by atoms with E-state index in [1.54, 1.807) is 112 Å². The number of hydrogen-bond acceptors (Lipinski definition) is 14. The van der Waals surface area contributed by atoms with Crippen LogP contribution in [0.1, 0.15) is 111 Å². The Labute approximate surface area is 592 Å². The van der Waals surface area contributed by atoms with Gasteiger partial charge < -0.3 is 55.0 Å². The van der Waals surface area contributed by atoms with Crippen LogP contribution < -0.4 is 30.7 Å². The van der Waals surface area contributed by atoms with Gasteiger partial charge in [0, 0.05) is 52.6 Å². The van der Waals surface area contributed by atoms with Gasteiger partial charge in [0.15, 0.2) is 0 Å². The molecule has 4 aliphatic rings. The molecule has 4 amide bonds. The first-order valence-electron chi connectivity index (χ1n) is 33.0. The van der Waals surface area contributed by atoms with Crippen molar-refractivity contribution in [2.75, 3.05) is 23.8 Å². The lowest BCUT2D eigenvalue weighted by molar-refractivity contribution is -0.151. The summed E-state index contributed by atoms with van der Waals surface area (Å²) in [6.07, 6.45) is 3.83. The summed E-state index contributed by atoms with van der Waals surface area (Å²) in [5, 5.41) is 22.2. The molecule has 100 heavy (non-hydrogen) atoms. The Bertz CT molecular complexity index is 4010. The second kappa shape index (κ2) is 31.8. The molecule has 2 heterocycles. The molecular weight excluding hydrogens is 1330 g/mol. The van der Waals surface area contributed by atoms with Crippen LogP contribution in [0.2, 0.25) is 10.0 Å². The van der Waals surface area contributed by atoms with Crippen molar-refractivity contribution in [1.29, 1.82) is 0 Å². The predicted molar refractivity (Wildman–Crippen MR) is 379 cm³/mol. The molecule has 23 heteroatoms. The second-order valence-corrected chi connectivity index (χ2v) is 29.1. The molecule has 2 aliphatic carbocycles. The van der Waals surface area contributed by atoms with Crippen molar-refractivity contribution in [1.82, 2.24) is 20.4 Å². The van der Waals surface area contributed by atoms with Crippen molar-refractivity contribution in [2.45, 2.75) is 156 Å². The maximum Gasteiger partial charge on any atom is 0.411 e. The summed E-state index contributed by atoms with van der Waals surface area (Å²) in [5.74, 6) is -2.14. The summed E-state index contributed by atoms with van der Waals surface area (Å²) in [5.41, 5.74) is 0.447. The largest absolute Gasteiger partial charge is 0.480 e. The number of carbonyl (C=O) groups excluding carboxylic acids is 6. The first-order chi connectivity index (χ1) is 47.1. The molecule has 0 spiro atoms. The summed E-state index contributed by atoms with van der Waals surface area (Å²) in [7, 11) is 0. The van der Waals surface area contributed by atoms with E-state index in [1.807, 2.05) is 77.9 Å². The normalized spacial score (nSPS) is 20.1. The Hall–Kier alpha value is -9.47. The highest BCUT2D eigenvalue weighted by Crippen LogP contribution is 2.47. The van der Waals surface area contributed by atoms with Crippen LogP contribution in [0.3, 0.4) is 0 Å². The Morgan fingerprint density at radius 1 is 0.560 bits per heavy atom. The Kier molecular flexibility index (Phi) is 24.3. The van der Waals surface area contributed by atoms with Gasteiger partial charge in [-0.15, -0.1) is 13.2 Å². The molecule has 2 fully saturated rings. The van der Waals surface area contributed by atoms with Crippen LogP contribution in [0.4, 0.5) is 25.0 Å². The fourth-order valence-electron chi connectivity index (χ4n) is 11.8. The van der Waals surface area contributed by atoms with E-state index >= 15 is 0 Å². The number of fused-ring (bicyclic) bond motifs is 2. The van der Waals surface area contributed by atoms with Crippen molar-refractivity contribution < 1.29 is 71.1 Å². The number of benzene rings is 6. The number of halogens is 4. The average Bonchev–Trinajstić information content (AvgIpc) is 1.57. The van der Waals surface area contributed by atoms with Crippen LogP contribution in [0.25, 0.3) is 0 Å². The highest BCUT2D eigenvalue weighted by atomic mass is 35.5. The minimum absolute atomic E-state index is 0.151. The molecule has 6 aromatic carbocycles. The summed E-state index contributed by atoms with van der Waals surface area (Å²) in [4.78, 5) is 95.3. The zero-order valence-electron chi connectivity index (χ0n) is 58.1. The molecule has 0 aromatic heterocycles. The Balaban J connectivity index is 0.000000211. The molecule has 8 atom stereocenters. The third-order valence-electron chi connectivity index (χ3n) is 17.3. The standard InChI is InChI=1S/C36H39ClFN3O5.C29H33ClN2O6.C12H16FNO2/c1-6-24-20-36(24,34(44)45-7-2)40-32(42)30-18-23-17-29(46-28-10-8-9-25(37)19-28)16-11-22(23)21-41(30)33(43)31(35(3,4)5)39-27-14-12-26(38)13-15-27;1-6-20-16-29(20,26(34)36-7-2)31-25(33)24-14-19-13-23(37-22-10-8-9-21(30)15-22)12-11-18(19)17-32(24)27(35)38-28(3,4)5;1-12(2,3)10(11(15)16)14-9-6-4-8(13)5-7-9/h6,8-17,19,24,30-31,39H,1,7,18,20-21H2,2-5H3,(H,40,42);6,8-13,15,20,24H,1,7,14,16-17H2,2-5H3,(H,31,33);4-7,10,14H,1-3H3,(H,15,16)/t24-,30?,31-,36-;20-,24?,29-;10-/m111/s1. The molecule has 0 saturated heterocycles. The predicted octanol–water partition coefficient (Wildman–Crippen LogP) is 14.8. The lowest BCUT2D eigenvalue weighted by atomic mass is 9.84. The van der Waals surface area contributed by atoms with E-state index in [-0.39, 0.29) is 68.5 Å². The Morgan fingerprint density at radius 3 is 1.31 bits per heavy atom. The zero-order valence-corrected chi connectivity index (χ0v) is 59.7. The maximum absolute atomic E-state index is 14.5. The van der Waals surface area contributed by atoms with Gasteiger partial charge in [0.1, 0.15) is 75.5 Å². The number of anilines is 2. The Morgan fingerprint density at radius 2 is 0.950 bits per heavy atom. The number of carboxylic acids is 1. The fraction of sp³-hybridized carbons (Fsp3) is 0.390. The van der Waals surface area contributed by atoms with Crippen molar-refractivity contribution in [3.63, 3.8) is 0 Å². The molecule has 6 aromatic rings. The molecule has 0 bridgehead atoms. The topological polar surface area (TPSA) is 240 Å². The van der Waals surface area contributed by atoms with Crippen LogP contribution in [-0.4, -0.2) is 111 Å². The van der Waals surface area contributed by atoms with E-state index in [0.717, 1.165) is 22.3 Å². The average molecular weight is 1410 g/mol. The summed E-state index contributed by atoms with van der Waals surface area (Å²) < 4.78 is 54.5. The van der Waals surface area contributed by atoms with Crippen molar-refractivity contribution >= 4 is 76.3 Å². The number of rotatable bonds is 20. The SMILES string of the molecule is C=C[C@@H]1C[C@]1(NC(=O)C1Cc2cc(Oc3cccc(Cl)c3)ccc2CN1C(=O)OC(C)(C)C)C(=O)OCC.C=C[C@@H]1C[C@]1(NC(=O)C1Cc2cc(Oc3cccc(Cl)c3)ccc2CN1C(=O)[C@@H](Nc1ccc(F)cc1)C(C)(C)C)C(=O)OCC.CC(C)(C)[C@H](Nc1ccc(F)cc1)C(=O)O. The van der Waals surface area contributed by atoms with Crippen LogP contribution in [0, 0.1) is 34.3 Å². The van der Waals surface area contributed by atoms with Crippen LogP contribution in [0.5, 0.6) is 23.0 Å². The third-order valence-corrected chi connectivity index (χ3v) is 17.8. The second-order valence-electron chi connectivity index (χ2n) is 28.2. The van der Waals surface area contributed by atoms with Gasteiger partial charge in [-0.3, -0.25) is 19.3 Å². The van der Waals surface area contributed by atoms with Gasteiger partial charge in [0.2, 0.25) is 17.7 Å². The number of nitrogens with zero attached hydrogens (tertiary/aromatic N) is 2. The third kappa shape index (κ3) is 19.3. The van der Waals surface area contributed by atoms with E-state index in [0.29, 0.717) is 57.3 Å². The van der Waals surface area contributed by atoms with Gasteiger partial charge in [-0.25, -0.2) is 28.0 Å². The number of carboxylic acid groups (broad SMARTS) is 1. The van der Waals surface area contributed by atoms with E-state index in [4.69, 9.17) is 52.0 Å². The highest BCUT2D eigenvalue weighted by molar-refractivity contribution is 6.31. The van der Waals surface area contributed by atoms with Crippen molar-refractivity contribution in [3.8, 4) is 23.0 Å². The van der Waals surface area contributed by atoms with Gasteiger partial charge in [-0.05, 0) is 190 Å². The van der Waals surface area contributed by atoms with Crippen LogP contribution in [-0.2, 0) is 68.9 Å². The molecule has 10 rings (SSSR count). The number of hydrogen-bond donors (Lipinski definition) is 5. The lowest BCUT2D eigenvalue weighted by Crippen LogP contribution is -2.60. The first kappa shape index (κ1) is 76.3. The maximum atomic E-state index is 14.5. The molecule has 5 N–H and O–H groups in total. The van der Waals surface area contributed by atoms with E-state index in [2.05, 4.69) is 34.4 Å². The van der Waals surface area contributed by atoms with Gasteiger partial charge >= 0.3 is 24.0 Å². The summed E-state index contributed by atoms with van der Waals surface area (Å²) >= 11 is 12.2. The van der Waals surface area contributed by atoms with Crippen LogP contribution >= 0.6 is 23.2 Å². The zero-order chi connectivity index (χ0) is 73.2. The number of carbonyl (C=O) groups is 7. The van der Waals surface area contributed by atoms with Gasteiger partial charge in [-0.1, -0.05) is 101 Å². The molecule has 2 aliphatic heterocycles. The fourth-order valence-corrected chi connectivity index (χ4v) is 12.2. The number of nitrogens with one attached hydrogen (secondary N) is 4.